The zero-order chi connectivity index (χ0) is 24.8. The number of nitrogens with zero attached hydrogens (tertiary/aromatic N) is 3. The summed E-state index contributed by atoms with van der Waals surface area (Å²) in [6, 6.07) is 3.38. The fraction of sp³-hybridized carbons (Fsp3) is 0.611. The van der Waals surface area contributed by atoms with E-state index in [9.17, 15) is 18.6 Å². The predicted molar refractivity (Wildman–Crippen MR) is 130 cm³/mol. The standard InChI is InChI=1S/C18H35N9O4S2/c1-18(2)11-26(5-6-27(18)7-8-28)13-3-4-14(32-23-10-12(29)9-19)16(33(22,30)31)15(13)17(20)24-25-21/h3-4,12,23,25,28-29H,5-11,19,21H2,1-2H3,(H2,20,24)(H2,22,30,31)/t12-/m1/s1. The van der Waals surface area contributed by atoms with Crippen LogP contribution in [0.4, 0.5) is 5.69 Å². The molecule has 1 aliphatic heterocycles. The van der Waals surface area contributed by atoms with Crippen molar-refractivity contribution in [2.75, 3.05) is 50.8 Å². The number of piperazine rings is 1. The lowest BCUT2D eigenvalue weighted by atomic mass is 9.97. The summed E-state index contributed by atoms with van der Waals surface area (Å²) in [6.45, 7) is 6.63. The van der Waals surface area contributed by atoms with Gasteiger partial charge in [0, 0.05) is 55.4 Å². The van der Waals surface area contributed by atoms with Crippen LogP contribution in [0.3, 0.4) is 0 Å². The van der Waals surface area contributed by atoms with Gasteiger partial charge in [-0.1, -0.05) is 0 Å². The third kappa shape index (κ3) is 6.91. The molecule has 0 spiro atoms. The molecule has 0 aliphatic carbocycles. The zero-order valence-corrected chi connectivity index (χ0v) is 20.5. The molecule has 0 bridgehead atoms. The maximum absolute atomic E-state index is 12.7. The molecule has 1 aromatic carbocycles. The van der Waals surface area contributed by atoms with Crippen molar-refractivity contribution >= 4 is 33.5 Å². The van der Waals surface area contributed by atoms with Crippen molar-refractivity contribution in [2.24, 2.45) is 27.6 Å². The number of rotatable bonds is 11. The van der Waals surface area contributed by atoms with E-state index in [4.69, 9.17) is 22.4 Å². The molecule has 12 N–H and O–H groups in total. The number of β-amino-alcohol motifs (C(OH)–C–C–N with tert-alkyl or cyclic N) is 1. The van der Waals surface area contributed by atoms with Crippen LogP contribution in [0, 0.1) is 0 Å². The van der Waals surface area contributed by atoms with Gasteiger partial charge in [0.2, 0.25) is 10.0 Å². The lowest BCUT2D eigenvalue weighted by Crippen LogP contribution is -2.60. The van der Waals surface area contributed by atoms with Gasteiger partial charge in [-0.15, -0.1) is 5.10 Å². The first-order valence-corrected chi connectivity index (χ1v) is 12.7. The number of nitrogens with one attached hydrogen (secondary N) is 2. The van der Waals surface area contributed by atoms with Crippen LogP contribution in [0.2, 0.25) is 0 Å². The highest BCUT2D eigenvalue weighted by atomic mass is 32.2. The van der Waals surface area contributed by atoms with Crippen LogP contribution in [0.5, 0.6) is 0 Å². The van der Waals surface area contributed by atoms with E-state index in [-0.39, 0.29) is 46.4 Å². The molecule has 1 heterocycles. The Morgan fingerprint density at radius 2 is 2.06 bits per heavy atom. The van der Waals surface area contributed by atoms with Gasteiger partial charge in [-0.05, 0) is 37.9 Å². The van der Waals surface area contributed by atoms with Crippen LogP contribution >= 0.6 is 11.9 Å². The topological polar surface area (TPSA) is 222 Å². The normalized spacial score (nSPS) is 18.4. The summed E-state index contributed by atoms with van der Waals surface area (Å²) < 4.78 is 28.3. The van der Waals surface area contributed by atoms with Crippen molar-refractivity contribution in [1.82, 2.24) is 15.2 Å². The minimum absolute atomic E-state index is 0.0454. The lowest BCUT2D eigenvalue weighted by Gasteiger charge is -2.48. The highest BCUT2D eigenvalue weighted by Gasteiger charge is 2.36. The number of aliphatic hydroxyl groups is 2. The molecule has 1 fully saturated rings. The van der Waals surface area contributed by atoms with Crippen molar-refractivity contribution in [2.45, 2.75) is 35.3 Å². The number of amidine groups is 1. The molecule has 15 heteroatoms. The number of hydrogen-bond acceptors (Lipinski definition) is 12. The number of primary sulfonamides is 1. The average Bonchev–Trinajstić information content (AvgIpc) is 2.73. The van der Waals surface area contributed by atoms with Gasteiger partial charge < -0.3 is 26.6 Å². The van der Waals surface area contributed by atoms with Gasteiger partial charge in [-0.2, -0.15) is 0 Å². The molecule has 0 saturated carbocycles. The minimum Gasteiger partial charge on any atom is -0.395 e. The summed E-state index contributed by atoms with van der Waals surface area (Å²) in [7, 11) is -4.24. The summed E-state index contributed by atoms with van der Waals surface area (Å²) in [5.41, 5.74) is 14.0. The summed E-state index contributed by atoms with van der Waals surface area (Å²) in [5, 5.41) is 28.5. The summed E-state index contributed by atoms with van der Waals surface area (Å²) >= 11 is 0.988. The monoisotopic (exact) mass is 505 g/mol. The third-order valence-corrected chi connectivity index (χ3v) is 7.38. The van der Waals surface area contributed by atoms with Crippen LogP contribution in [-0.4, -0.2) is 86.9 Å². The van der Waals surface area contributed by atoms with Crippen LogP contribution in [0.15, 0.2) is 27.0 Å². The Balaban J connectivity index is 2.57. The second-order valence-corrected chi connectivity index (χ2v) is 10.7. The Morgan fingerprint density at radius 1 is 1.36 bits per heavy atom. The van der Waals surface area contributed by atoms with E-state index in [2.05, 4.69) is 20.3 Å². The van der Waals surface area contributed by atoms with E-state index in [1.807, 2.05) is 18.7 Å². The second kappa shape index (κ2) is 11.6. The maximum atomic E-state index is 12.7. The van der Waals surface area contributed by atoms with Crippen molar-refractivity contribution < 1.29 is 18.6 Å². The van der Waals surface area contributed by atoms with Gasteiger partial charge in [0.15, 0.2) is 5.84 Å². The highest BCUT2D eigenvalue weighted by molar-refractivity contribution is 7.98. The number of hydrazine groups is 1. The Kier molecular flexibility index (Phi) is 9.71. The van der Waals surface area contributed by atoms with Crippen LogP contribution in [0.25, 0.3) is 0 Å². The van der Waals surface area contributed by atoms with E-state index < -0.39 is 16.1 Å². The number of benzene rings is 1. The average molecular weight is 506 g/mol. The van der Waals surface area contributed by atoms with Gasteiger partial charge in [-0.3, -0.25) is 9.62 Å². The fourth-order valence-corrected chi connectivity index (χ4v) is 5.86. The number of anilines is 1. The van der Waals surface area contributed by atoms with Gasteiger partial charge in [0.1, 0.15) is 4.90 Å². The molecule has 1 atom stereocenters. The molecular weight excluding hydrogens is 470 g/mol. The van der Waals surface area contributed by atoms with E-state index in [1.165, 1.54) is 0 Å². The number of sulfonamides is 1. The number of aliphatic hydroxyl groups excluding tert-OH is 2. The summed E-state index contributed by atoms with van der Waals surface area (Å²) in [6.07, 6.45) is -0.792. The largest absolute Gasteiger partial charge is 0.395 e. The first kappa shape index (κ1) is 27.6. The van der Waals surface area contributed by atoms with Crippen LogP contribution in [-0.2, 0) is 10.0 Å². The van der Waals surface area contributed by atoms with Gasteiger partial charge >= 0.3 is 0 Å². The molecule has 0 radical (unpaired) electrons. The molecule has 0 aromatic heterocycles. The predicted octanol–water partition coefficient (Wildman–Crippen LogP) is -2.77. The Labute approximate surface area is 198 Å². The molecular formula is C18H35N9O4S2. The van der Waals surface area contributed by atoms with E-state index in [1.54, 1.807) is 12.1 Å². The second-order valence-electron chi connectivity index (χ2n) is 8.24. The third-order valence-electron chi connectivity index (χ3n) is 5.38. The quantitative estimate of drug-likeness (QED) is 0.0503. The smallest absolute Gasteiger partial charge is 0.240 e. The molecule has 1 aromatic rings. The Bertz CT molecular complexity index is 943. The molecule has 0 unspecified atom stereocenters. The molecule has 33 heavy (non-hydrogen) atoms. The zero-order valence-electron chi connectivity index (χ0n) is 18.9. The molecule has 2 rings (SSSR count). The first-order chi connectivity index (χ1) is 15.5. The molecule has 1 aliphatic rings. The highest BCUT2D eigenvalue weighted by Crippen LogP contribution is 2.36. The SMILES string of the molecule is CC1(C)CN(c2ccc(SNC[C@H](O)CN)c(S(N)(=O)=O)c2/C(N)=N/NN)CCN1CCO. The molecule has 1 saturated heterocycles. The van der Waals surface area contributed by atoms with Crippen LogP contribution in [0.1, 0.15) is 19.4 Å². The lowest BCUT2D eigenvalue weighted by molar-refractivity contribution is 0.0813. The number of hydrogen-bond donors (Lipinski definition) is 8. The Hall–Kier alpha value is -1.69. The summed E-state index contributed by atoms with van der Waals surface area (Å²) in [4.78, 5) is 4.26. The minimum atomic E-state index is -4.24. The van der Waals surface area contributed by atoms with Crippen molar-refractivity contribution in [3.8, 4) is 0 Å². The van der Waals surface area contributed by atoms with Crippen molar-refractivity contribution in [1.29, 1.82) is 0 Å². The van der Waals surface area contributed by atoms with Crippen molar-refractivity contribution in [3.63, 3.8) is 0 Å². The Morgan fingerprint density at radius 3 is 2.61 bits per heavy atom. The van der Waals surface area contributed by atoms with Crippen LogP contribution < -0.4 is 37.6 Å². The van der Waals surface area contributed by atoms with Gasteiger partial charge in [0.05, 0.1) is 18.3 Å². The molecule has 188 valence electrons. The van der Waals surface area contributed by atoms with E-state index >= 15 is 0 Å². The number of hydrazone groups is 1. The van der Waals surface area contributed by atoms with Crippen molar-refractivity contribution in [3.05, 3.63) is 17.7 Å². The maximum Gasteiger partial charge on any atom is 0.240 e. The molecule has 13 nitrogen and oxygen atoms in total. The molecule has 0 amide bonds. The fourth-order valence-electron chi connectivity index (χ4n) is 3.78. The number of nitrogens with two attached hydrogens (primary N) is 4. The first-order valence-electron chi connectivity index (χ1n) is 10.3. The van der Waals surface area contributed by atoms with Gasteiger partial charge in [0.25, 0.3) is 0 Å². The van der Waals surface area contributed by atoms with E-state index in [0.717, 1.165) is 11.9 Å². The summed E-state index contributed by atoms with van der Waals surface area (Å²) in [5.74, 6) is 5.17. The van der Waals surface area contributed by atoms with E-state index in [0.29, 0.717) is 31.9 Å². The van der Waals surface area contributed by atoms with Gasteiger partial charge in [-0.25, -0.2) is 24.9 Å².